The summed E-state index contributed by atoms with van der Waals surface area (Å²) in [5, 5.41) is 4.38. The lowest BCUT2D eigenvalue weighted by atomic mass is 10.3. The minimum atomic E-state index is 0.128. The van der Waals surface area contributed by atoms with Crippen LogP contribution >= 0.6 is 11.8 Å². The summed E-state index contributed by atoms with van der Waals surface area (Å²) in [7, 11) is 3.49. The second-order valence-corrected chi connectivity index (χ2v) is 7.32. The fraction of sp³-hybridized carbons (Fsp3) is 0.238. The van der Waals surface area contributed by atoms with Crippen LogP contribution in [0.2, 0.25) is 0 Å². The summed E-state index contributed by atoms with van der Waals surface area (Å²) in [6, 6.07) is 17.8. The Morgan fingerprint density at radius 2 is 1.89 bits per heavy atom. The third kappa shape index (κ3) is 5.37. The lowest BCUT2D eigenvalue weighted by molar-refractivity contribution is -0.129. The lowest BCUT2D eigenvalue weighted by Crippen LogP contribution is -2.26. The van der Waals surface area contributed by atoms with Crippen LogP contribution in [0.25, 0.3) is 5.69 Å². The zero-order chi connectivity index (χ0) is 19.1. The van der Waals surface area contributed by atoms with Crippen LogP contribution < -0.4 is 4.74 Å². The highest BCUT2D eigenvalue weighted by atomic mass is 32.2. The Bertz CT molecular complexity index is 863. The number of ether oxygens (including phenoxy) is 1. The first-order valence-electron chi connectivity index (χ1n) is 8.75. The van der Waals surface area contributed by atoms with Gasteiger partial charge in [-0.1, -0.05) is 18.2 Å². The molecule has 0 radical (unpaired) electrons. The van der Waals surface area contributed by atoms with Crippen molar-refractivity contribution in [3.8, 4) is 11.4 Å². The van der Waals surface area contributed by atoms with E-state index in [4.69, 9.17) is 4.74 Å². The van der Waals surface area contributed by atoms with Gasteiger partial charge in [0.25, 0.3) is 0 Å². The SMILES string of the molecule is COc1ccc(SCCC(=O)N(C)Cc2cnn(-c3ccccc3)c2)cc1. The van der Waals surface area contributed by atoms with Crippen LogP contribution in [0, 0.1) is 0 Å². The van der Waals surface area contributed by atoms with E-state index in [1.165, 1.54) is 0 Å². The highest BCUT2D eigenvalue weighted by Crippen LogP contribution is 2.22. The van der Waals surface area contributed by atoms with Crippen molar-refractivity contribution in [2.75, 3.05) is 19.9 Å². The number of para-hydroxylation sites is 1. The Morgan fingerprint density at radius 1 is 1.15 bits per heavy atom. The molecule has 3 aromatic rings. The maximum Gasteiger partial charge on any atom is 0.223 e. The maximum absolute atomic E-state index is 12.4. The Labute approximate surface area is 164 Å². The van der Waals surface area contributed by atoms with Gasteiger partial charge in [-0.25, -0.2) is 4.68 Å². The van der Waals surface area contributed by atoms with Crippen molar-refractivity contribution in [2.45, 2.75) is 17.9 Å². The molecule has 140 valence electrons. The zero-order valence-corrected chi connectivity index (χ0v) is 16.4. The van der Waals surface area contributed by atoms with Crippen LogP contribution in [0.15, 0.2) is 71.9 Å². The topological polar surface area (TPSA) is 47.4 Å². The molecule has 27 heavy (non-hydrogen) atoms. The number of carbonyl (C=O) groups excluding carboxylic acids is 1. The molecule has 0 spiro atoms. The number of hydrogen-bond acceptors (Lipinski definition) is 4. The largest absolute Gasteiger partial charge is 0.497 e. The molecule has 5 nitrogen and oxygen atoms in total. The first kappa shape index (κ1) is 19.0. The average molecular weight is 382 g/mol. The summed E-state index contributed by atoms with van der Waals surface area (Å²) in [6.45, 7) is 0.554. The zero-order valence-electron chi connectivity index (χ0n) is 15.5. The molecule has 0 unspecified atom stereocenters. The van der Waals surface area contributed by atoms with Crippen molar-refractivity contribution >= 4 is 17.7 Å². The van der Waals surface area contributed by atoms with E-state index in [0.29, 0.717) is 13.0 Å². The average Bonchev–Trinajstić information content (AvgIpc) is 3.17. The van der Waals surface area contributed by atoms with Gasteiger partial charge in [-0.05, 0) is 36.4 Å². The molecule has 0 saturated carbocycles. The van der Waals surface area contributed by atoms with E-state index in [-0.39, 0.29) is 5.91 Å². The quantitative estimate of drug-likeness (QED) is 0.553. The molecule has 0 aliphatic heterocycles. The van der Waals surface area contributed by atoms with Gasteiger partial charge in [-0.15, -0.1) is 11.8 Å². The number of rotatable bonds is 8. The van der Waals surface area contributed by atoms with Gasteiger partial charge in [0, 0.05) is 42.4 Å². The van der Waals surface area contributed by atoms with Crippen molar-refractivity contribution in [1.29, 1.82) is 0 Å². The highest BCUT2D eigenvalue weighted by molar-refractivity contribution is 7.99. The monoisotopic (exact) mass is 381 g/mol. The van der Waals surface area contributed by atoms with E-state index in [1.807, 2.05) is 78.7 Å². The standard InChI is InChI=1S/C21H23N3O2S/c1-23(15-17-14-22-24(16-17)18-6-4-3-5-7-18)21(25)12-13-27-20-10-8-19(26-2)9-11-20/h3-11,14,16H,12-13,15H2,1-2H3. The summed E-state index contributed by atoms with van der Waals surface area (Å²) >= 11 is 1.67. The predicted octanol–water partition coefficient (Wildman–Crippen LogP) is 4.02. The lowest BCUT2D eigenvalue weighted by Gasteiger charge is -2.16. The summed E-state index contributed by atoms with van der Waals surface area (Å²) < 4.78 is 6.98. The fourth-order valence-electron chi connectivity index (χ4n) is 2.64. The predicted molar refractivity (Wildman–Crippen MR) is 108 cm³/mol. The molecule has 0 fully saturated rings. The Hall–Kier alpha value is -2.73. The smallest absolute Gasteiger partial charge is 0.223 e. The van der Waals surface area contributed by atoms with Crippen molar-refractivity contribution < 1.29 is 9.53 Å². The molecular formula is C21H23N3O2S. The molecule has 0 aliphatic rings. The summed E-state index contributed by atoms with van der Waals surface area (Å²) in [5.74, 6) is 1.72. The highest BCUT2D eigenvalue weighted by Gasteiger charge is 2.11. The van der Waals surface area contributed by atoms with Gasteiger partial charge in [0.2, 0.25) is 5.91 Å². The summed E-state index contributed by atoms with van der Waals surface area (Å²) in [5.41, 5.74) is 2.02. The number of hydrogen-bond donors (Lipinski definition) is 0. The molecule has 0 N–H and O–H groups in total. The van der Waals surface area contributed by atoms with E-state index in [2.05, 4.69) is 5.10 Å². The molecule has 6 heteroatoms. The molecule has 1 aromatic heterocycles. The van der Waals surface area contributed by atoms with Crippen LogP contribution in [0.3, 0.4) is 0 Å². The van der Waals surface area contributed by atoms with Crippen molar-refractivity contribution in [2.24, 2.45) is 0 Å². The van der Waals surface area contributed by atoms with Crippen LogP contribution in [0.4, 0.5) is 0 Å². The van der Waals surface area contributed by atoms with Gasteiger partial charge in [0.15, 0.2) is 0 Å². The number of nitrogens with zero attached hydrogens (tertiary/aromatic N) is 3. The van der Waals surface area contributed by atoms with Gasteiger partial charge in [-0.3, -0.25) is 4.79 Å². The van der Waals surface area contributed by atoms with Gasteiger partial charge < -0.3 is 9.64 Å². The van der Waals surface area contributed by atoms with Crippen LogP contribution in [0.5, 0.6) is 5.75 Å². The molecule has 3 rings (SSSR count). The van der Waals surface area contributed by atoms with Crippen molar-refractivity contribution in [3.63, 3.8) is 0 Å². The van der Waals surface area contributed by atoms with Gasteiger partial charge in [-0.2, -0.15) is 5.10 Å². The molecular weight excluding hydrogens is 358 g/mol. The number of methoxy groups -OCH3 is 1. The second-order valence-electron chi connectivity index (χ2n) is 6.15. The molecule has 1 heterocycles. The molecule has 0 atom stereocenters. The van der Waals surface area contributed by atoms with E-state index in [1.54, 1.807) is 23.8 Å². The number of carbonyl (C=O) groups is 1. The Balaban J connectivity index is 1.47. The van der Waals surface area contributed by atoms with Gasteiger partial charge in [0.05, 0.1) is 19.0 Å². The van der Waals surface area contributed by atoms with E-state index < -0.39 is 0 Å². The van der Waals surface area contributed by atoms with Crippen LogP contribution in [-0.4, -0.2) is 40.5 Å². The molecule has 0 aliphatic carbocycles. The van der Waals surface area contributed by atoms with Gasteiger partial charge in [0.1, 0.15) is 5.75 Å². The second kappa shape index (κ2) is 9.28. The number of aromatic nitrogens is 2. The Kier molecular flexibility index (Phi) is 6.54. The molecule has 0 saturated heterocycles. The van der Waals surface area contributed by atoms with E-state index >= 15 is 0 Å². The third-order valence-corrected chi connectivity index (χ3v) is 5.16. The number of benzene rings is 2. The van der Waals surface area contributed by atoms with Crippen molar-refractivity contribution in [1.82, 2.24) is 14.7 Å². The fourth-order valence-corrected chi connectivity index (χ4v) is 3.49. The number of thioether (sulfide) groups is 1. The molecule has 0 bridgehead atoms. The van der Waals surface area contributed by atoms with Crippen LogP contribution in [-0.2, 0) is 11.3 Å². The van der Waals surface area contributed by atoms with E-state index in [9.17, 15) is 4.79 Å². The maximum atomic E-state index is 12.4. The molecule has 1 amide bonds. The number of amides is 1. The van der Waals surface area contributed by atoms with E-state index in [0.717, 1.165) is 27.6 Å². The summed E-state index contributed by atoms with van der Waals surface area (Å²) in [6.07, 6.45) is 4.27. The minimum absolute atomic E-state index is 0.128. The first-order valence-corrected chi connectivity index (χ1v) is 9.74. The Morgan fingerprint density at radius 3 is 2.59 bits per heavy atom. The van der Waals surface area contributed by atoms with Crippen molar-refractivity contribution in [3.05, 3.63) is 72.6 Å². The van der Waals surface area contributed by atoms with Crippen LogP contribution in [0.1, 0.15) is 12.0 Å². The summed E-state index contributed by atoms with van der Waals surface area (Å²) in [4.78, 5) is 15.3. The molecule has 2 aromatic carbocycles. The minimum Gasteiger partial charge on any atom is -0.497 e. The first-order chi connectivity index (χ1) is 13.2. The normalized spacial score (nSPS) is 10.6. The van der Waals surface area contributed by atoms with Gasteiger partial charge >= 0.3 is 0 Å². The third-order valence-electron chi connectivity index (χ3n) is 4.15.